The fourth-order valence-electron chi connectivity index (χ4n) is 3.95. The smallest absolute Gasteiger partial charge is 0.496 e. The number of carbonyl (C=O) groups is 3. The average molecular weight is 595 g/mol. The molecule has 3 aromatic rings. The topological polar surface area (TPSA) is 101 Å². The second kappa shape index (κ2) is 12.2. The van der Waals surface area contributed by atoms with Crippen LogP contribution >= 0.6 is 23.1 Å². The molecule has 0 bridgehead atoms. The number of aryl methyl sites for hydroxylation is 1. The summed E-state index contributed by atoms with van der Waals surface area (Å²) >= 11 is 2.58. The number of thiazole rings is 1. The molecule has 14 heteroatoms. The number of hydrogen-bond donors (Lipinski definition) is 1. The monoisotopic (exact) mass is 594 g/mol. The van der Waals surface area contributed by atoms with E-state index in [-0.39, 0.29) is 17.4 Å². The molecule has 1 fully saturated rings. The Morgan fingerprint density at radius 3 is 2.30 bits per heavy atom. The summed E-state index contributed by atoms with van der Waals surface area (Å²) in [5, 5.41) is 2.93. The van der Waals surface area contributed by atoms with Crippen LogP contribution in [0.4, 0.5) is 18.3 Å². The Morgan fingerprint density at radius 1 is 1.05 bits per heavy atom. The summed E-state index contributed by atoms with van der Waals surface area (Å²) in [6.45, 7) is 5.19. The van der Waals surface area contributed by atoms with Crippen molar-refractivity contribution in [1.29, 1.82) is 0 Å². The highest BCUT2D eigenvalue weighted by atomic mass is 32.2. The van der Waals surface area contributed by atoms with Crippen molar-refractivity contribution >= 4 is 46.0 Å². The van der Waals surface area contributed by atoms with Gasteiger partial charge in [0.1, 0.15) is 11.5 Å². The number of hydrogen-bond acceptors (Lipinski definition) is 8. The standard InChI is InChI=1S/C26H25F3N4O5S2/c1-15-12-20(37-3)19(24(36)33-10-8-32(9-11-33)16(2)34)13-21(15)39-22-14-30-25(40-22)31-23(35)17-4-6-18(7-5-17)38-26(27,28)29/h4-7,12-14H,8-11H2,1-3H3,(H,30,31,35). The maximum atomic E-state index is 13.3. The largest absolute Gasteiger partial charge is 0.573 e. The Kier molecular flexibility index (Phi) is 8.88. The van der Waals surface area contributed by atoms with E-state index in [1.807, 2.05) is 6.92 Å². The van der Waals surface area contributed by atoms with Crippen molar-refractivity contribution in [3.05, 3.63) is 59.3 Å². The molecule has 2 aromatic carbocycles. The van der Waals surface area contributed by atoms with Gasteiger partial charge < -0.3 is 19.3 Å². The molecule has 1 aliphatic rings. The van der Waals surface area contributed by atoms with Gasteiger partial charge in [0.25, 0.3) is 11.8 Å². The van der Waals surface area contributed by atoms with Crippen molar-refractivity contribution in [1.82, 2.24) is 14.8 Å². The molecule has 0 saturated carbocycles. The van der Waals surface area contributed by atoms with Crippen LogP contribution in [0.1, 0.15) is 33.2 Å². The molecule has 9 nitrogen and oxygen atoms in total. The Labute approximate surface area is 236 Å². The van der Waals surface area contributed by atoms with E-state index in [4.69, 9.17) is 4.74 Å². The Balaban J connectivity index is 1.44. The number of benzene rings is 2. The molecular weight excluding hydrogens is 569 g/mol. The van der Waals surface area contributed by atoms with E-state index in [2.05, 4.69) is 15.0 Å². The van der Waals surface area contributed by atoms with Crippen LogP contribution in [-0.2, 0) is 4.79 Å². The van der Waals surface area contributed by atoms with Gasteiger partial charge in [-0.1, -0.05) is 23.1 Å². The molecule has 1 aromatic heterocycles. The van der Waals surface area contributed by atoms with Gasteiger partial charge in [-0.05, 0) is 48.9 Å². The summed E-state index contributed by atoms with van der Waals surface area (Å²) in [7, 11) is 1.50. The predicted octanol–water partition coefficient (Wildman–Crippen LogP) is 5.07. The van der Waals surface area contributed by atoms with Crippen LogP contribution in [0, 0.1) is 6.92 Å². The quantitative estimate of drug-likeness (QED) is 0.408. The van der Waals surface area contributed by atoms with Crippen LogP contribution in [0.25, 0.3) is 0 Å². The fourth-order valence-corrected chi connectivity index (χ4v) is 5.89. The first-order chi connectivity index (χ1) is 18.9. The zero-order chi connectivity index (χ0) is 29.0. The fraction of sp³-hybridized carbons (Fsp3) is 0.308. The zero-order valence-electron chi connectivity index (χ0n) is 21.7. The van der Waals surface area contributed by atoms with Gasteiger partial charge in [0, 0.05) is 43.6 Å². The van der Waals surface area contributed by atoms with Crippen molar-refractivity contribution in [3.63, 3.8) is 0 Å². The number of anilines is 1. The molecule has 0 radical (unpaired) electrons. The van der Waals surface area contributed by atoms with Gasteiger partial charge in [0.2, 0.25) is 5.91 Å². The molecule has 1 aliphatic heterocycles. The van der Waals surface area contributed by atoms with Gasteiger partial charge >= 0.3 is 6.36 Å². The summed E-state index contributed by atoms with van der Waals surface area (Å²) in [5.41, 5.74) is 1.42. The minimum absolute atomic E-state index is 0.0211. The molecule has 1 N–H and O–H groups in total. The molecule has 0 aliphatic carbocycles. The number of ether oxygens (including phenoxy) is 2. The van der Waals surface area contributed by atoms with E-state index in [9.17, 15) is 27.6 Å². The normalized spacial score (nSPS) is 13.7. The van der Waals surface area contributed by atoms with Crippen molar-refractivity contribution in [2.45, 2.75) is 29.3 Å². The van der Waals surface area contributed by atoms with E-state index in [0.717, 1.165) is 26.8 Å². The van der Waals surface area contributed by atoms with Crippen LogP contribution in [0.3, 0.4) is 0 Å². The van der Waals surface area contributed by atoms with Gasteiger partial charge in [-0.25, -0.2) is 4.98 Å². The first-order valence-corrected chi connectivity index (χ1v) is 13.6. The van der Waals surface area contributed by atoms with Crippen LogP contribution < -0.4 is 14.8 Å². The number of rotatable bonds is 7. The number of methoxy groups -OCH3 is 1. The molecular formula is C26H25F3N4O5S2. The summed E-state index contributed by atoms with van der Waals surface area (Å²) in [6.07, 6.45) is -3.24. The van der Waals surface area contributed by atoms with Crippen molar-refractivity contribution in [2.24, 2.45) is 0 Å². The lowest BCUT2D eigenvalue weighted by Crippen LogP contribution is -2.50. The van der Waals surface area contributed by atoms with Crippen molar-refractivity contribution < 1.29 is 37.0 Å². The summed E-state index contributed by atoms with van der Waals surface area (Å²) in [6, 6.07) is 8.11. The SMILES string of the molecule is COc1cc(C)c(Sc2cnc(NC(=O)c3ccc(OC(F)(F)F)cc3)s2)cc1C(=O)N1CCN(C(C)=O)CC1. The first kappa shape index (κ1) is 29.2. The third kappa shape index (κ3) is 7.24. The summed E-state index contributed by atoms with van der Waals surface area (Å²) in [4.78, 5) is 45.9. The van der Waals surface area contributed by atoms with E-state index in [1.54, 1.807) is 28.1 Å². The number of piperazine rings is 1. The van der Waals surface area contributed by atoms with Crippen LogP contribution in [-0.4, -0.2) is 72.2 Å². The highest BCUT2D eigenvalue weighted by molar-refractivity contribution is 8.01. The lowest BCUT2D eigenvalue weighted by atomic mass is 10.1. The number of aromatic nitrogens is 1. The molecule has 4 rings (SSSR count). The average Bonchev–Trinajstić information content (AvgIpc) is 3.35. The number of amides is 3. The first-order valence-electron chi connectivity index (χ1n) is 12.0. The van der Waals surface area contributed by atoms with Crippen LogP contribution in [0.2, 0.25) is 0 Å². The van der Waals surface area contributed by atoms with E-state index >= 15 is 0 Å². The molecule has 40 heavy (non-hydrogen) atoms. The van der Waals surface area contributed by atoms with Crippen LogP contribution in [0.15, 0.2) is 51.7 Å². The predicted molar refractivity (Wildman–Crippen MR) is 143 cm³/mol. The summed E-state index contributed by atoms with van der Waals surface area (Å²) in [5.74, 6) is -0.728. The van der Waals surface area contributed by atoms with Gasteiger partial charge in [-0.2, -0.15) is 0 Å². The van der Waals surface area contributed by atoms with Gasteiger partial charge in [0.15, 0.2) is 5.13 Å². The van der Waals surface area contributed by atoms with E-state index in [1.165, 1.54) is 49.3 Å². The number of nitrogens with one attached hydrogen (secondary N) is 1. The molecule has 2 heterocycles. The molecule has 212 valence electrons. The second-order valence-corrected chi connectivity index (χ2v) is 11.1. The van der Waals surface area contributed by atoms with E-state index < -0.39 is 18.0 Å². The Morgan fingerprint density at radius 2 is 1.70 bits per heavy atom. The second-order valence-electron chi connectivity index (χ2n) is 8.73. The maximum Gasteiger partial charge on any atom is 0.573 e. The lowest BCUT2D eigenvalue weighted by molar-refractivity contribution is -0.274. The van der Waals surface area contributed by atoms with Gasteiger partial charge in [-0.3, -0.25) is 19.7 Å². The molecule has 0 atom stereocenters. The minimum Gasteiger partial charge on any atom is -0.496 e. The van der Waals surface area contributed by atoms with Crippen LogP contribution in [0.5, 0.6) is 11.5 Å². The number of halogens is 3. The summed E-state index contributed by atoms with van der Waals surface area (Å²) < 4.78 is 47.1. The van der Waals surface area contributed by atoms with E-state index in [0.29, 0.717) is 42.6 Å². The molecule has 3 amide bonds. The Hall–Kier alpha value is -3.78. The highest BCUT2D eigenvalue weighted by Crippen LogP contribution is 2.38. The third-order valence-electron chi connectivity index (χ3n) is 6.01. The third-order valence-corrected chi connectivity index (χ3v) is 8.18. The molecule has 1 saturated heterocycles. The Bertz CT molecular complexity index is 1400. The number of alkyl halides is 3. The van der Waals surface area contributed by atoms with Crippen molar-refractivity contribution in [3.8, 4) is 11.5 Å². The maximum absolute atomic E-state index is 13.3. The van der Waals surface area contributed by atoms with Gasteiger partial charge in [0.05, 0.1) is 23.1 Å². The van der Waals surface area contributed by atoms with Gasteiger partial charge in [-0.15, -0.1) is 13.2 Å². The highest BCUT2D eigenvalue weighted by Gasteiger charge is 2.31. The number of nitrogens with zero attached hydrogens (tertiary/aromatic N) is 3. The number of carbonyl (C=O) groups excluding carboxylic acids is 3. The minimum atomic E-state index is -4.82. The lowest BCUT2D eigenvalue weighted by Gasteiger charge is -2.34. The zero-order valence-corrected chi connectivity index (χ0v) is 23.3. The van der Waals surface area contributed by atoms with Crippen molar-refractivity contribution in [2.75, 3.05) is 38.6 Å². The molecule has 0 unspecified atom stereocenters. The molecule has 0 spiro atoms.